The van der Waals surface area contributed by atoms with E-state index in [1.165, 1.54) is 4.90 Å². The van der Waals surface area contributed by atoms with E-state index in [1.54, 1.807) is 54.9 Å². The van der Waals surface area contributed by atoms with Gasteiger partial charge < -0.3 is 5.32 Å². The Balaban J connectivity index is 1.26. The van der Waals surface area contributed by atoms with E-state index >= 15 is 0 Å². The van der Waals surface area contributed by atoms with E-state index in [4.69, 9.17) is 12.2 Å². The fourth-order valence-electron chi connectivity index (χ4n) is 4.18. The Morgan fingerprint density at radius 3 is 2.32 bits per heavy atom. The van der Waals surface area contributed by atoms with Gasteiger partial charge in [0.1, 0.15) is 5.69 Å². The van der Waals surface area contributed by atoms with Gasteiger partial charge in [0.25, 0.3) is 17.7 Å². The number of carbonyl (C=O) groups excluding carboxylic acids is 3. The molecular weight excluding hydrogens is 488 g/mol. The average Bonchev–Trinajstić information content (AvgIpc) is 3.17. The van der Waals surface area contributed by atoms with Crippen LogP contribution >= 0.6 is 12.2 Å². The van der Waals surface area contributed by atoms with Gasteiger partial charge in [-0.05, 0) is 54.5 Å². The van der Waals surface area contributed by atoms with Gasteiger partial charge in [0, 0.05) is 24.3 Å². The van der Waals surface area contributed by atoms with Crippen LogP contribution in [0.5, 0.6) is 0 Å². The first-order valence-electron chi connectivity index (χ1n) is 11.6. The van der Waals surface area contributed by atoms with E-state index in [-0.39, 0.29) is 29.2 Å². The molecule has 1 atom stereocenters. The third kappa shape index (κ3) is 5.29. The van der Waals surface area contributed by atoms with Crippen LogP contribution in [0.15, 0.2) is 85.2 Å². The molecule has 3 N–H and O–H groups in total. The number of rotatable bonds is 6. The molecule has 0 bridgehead atoms. The fraction of sp³-hybridized carbons (Fsp3) is 0.111. The lowest BCUT2D eigenvalue weighted by molar-refractivity contribution is 0.0641. The van der Waals surface area contributed by atoms with Crippen LogP contribution in [-0.2, 0) is 6.42 Å². The third-order valence-corrected chi connectivity index (χ3v) is 6.17. The van der Waals surface area contributed by atoms with E-state index in [0.29, 0.717) is 23.1 Å². The minimum absolute atomic E-state index is 0.0945. The lowest BCUT2D eigenvalue weighted by Crippen LogP contribution is -2.53. The van der Waals surface area contributed by atoms with Crippen LogP contribution in [0.2, 0.25) is 0 Å². The van der Waals surface area contributed by atoms with Gasteiger partial charge in [-0.2, -0.15) is 0 Å². The molecule has 9 nitrogen and oxygen atoms in total. The molecule has 10 heteroatoms. The summed E-state index contributed by atoms with van der Waals surface area (Å²) in [5.41, 5.74) is 7.86. The summed E-state index contributed by atoms with van der Waals surface area (Å²) in [5, 5.41) is 4.08. The number of benzene rings is 2. The molecule has 0 fully saturated rings. The molecular formula is C27H22N6O3S. The second-order valence-electron chi connectivity index (χ2n) is 8.47. The molecule has 0 saturated heterocycles. The number of hydrazine groups is 1. The minimum atomic E-state index is -0.470. The highest BCUT2D eigenvalue weighted by Crippen LogP contribution is 2.23. The maximum atomic E-state index is 12.9. The maximum Gasteiger partial charge on any atom is 0.288 e. The van der Waals surface area contributed by atoms with Gasteiger partial charge in [-0.1, -0.05) is 42.5 Å². The summed E-state index contributed by atoms with van der Waals surface area (Å²) >= 11 is 5.41. The molecule has 2 aromatic carbocycles. The monoisotopic (exact) mass is 510 g/mol. The second-order valence-corrected chi connectivity index (χ2v) is 8.88. The van der Waals surface area contributed by atoms with Gasteiger partial charge in [0.15, 0.2) is 5.11 Å². The second kappa shape index (κ2) is 10.5. The quantitative estimate of drug-likeness (QED) is 0.206. The Hall–Kier alpha value is -4.70. The number of pyridine rings is 2. The lowest BCUT2D eigenvalue weighted by Gasteiger charge is -2.25. The Morgan fingerprint density at radius 2 is 1.59 bits per heavy atom. The first-order valence-corrected chi connectivity index (χ1v) is 12.0. The minimum Gasteiger partial charge on any atom is -0.356 e. The maximum absolute atomic E-state index is 12.9. The molecule has 4 aromatic rings. The van der Waals surface area contributed by atoms with Crippen LogP contribution in [0.3, 0.4) is 0 Å². The number of fused-ring (bicyclic) bond motifs is 2. The molecule has 3 amide bonds. The Kier molecular flexibility index (Phi) is 6.82. The van der Waals surface area contributed by atoms with Crippen molar-refractivity contribution >= 4 is 46.0 Å². The molecule has 1 aliphatic heterocycles. The summed E-state index contributed by atoms with van der Waals surface area (Å²) in [6.45, 7) is 0.0945. The number of hydrogen-bond acceptors (Lipinski definition) is 6. The van der Waals surface area contributed by atoms with Crippen molar-refractivity contribution in [2.24, 2.45) is 0 Å². The summed E-state index contributed by atoms with van der Waals surface area (Å²) in [6.07, 6.45) is 3.77. The third-order valence-electron chi connectivity index (χ3n) is 5.95. The summed E-state index contributed by atoms with van der Waals surface area (Å²) < 4.78 is 0. The number of nitrogens with one attached hydrogen (secondary N) is 3. The van der Waals surface area contributed by atoms with E-state index in [9.17, 15) is 14.4 Å². The van der Waals surface area contributed by atoms with Crippen LogP contribution in [0.1, 0.15) is 36.8 Å². The van der Waals surface area contributed by atoms with Gasteiger partial charge >= 0.3 is 0 Å². The zero-order chi connectivity index (χ0) is 25.8. The zero-order valence-corrected chi connectivity index (χ0v) is 20.4. The Morgan fingerprint density at radius 1 is 0.892 bits per heavy atom. The first-order chi connectivity index (χ1) is 18.0. The first kappa shape index (κ1) is 24.0. The number of nitrogens with zero attached hydrogens (tertiary/aromatic N) is 3. The molecule has 5 rings (SSSR count). The van der Waals surface area contributed by atoms with Crippen molar-refractivity contribution in [2.75, 3.05) is 6.54 Å². The SMILES string of the molecule is O=C(NNC(=S)N[C@@H](Cc1ccccc1)CN1C(=O)c2ccccc2C1=O)c1ccc2cnccc2n1. The predicted octanol–water partition coefficient (Wildman–Crippen LogP) is 2.65. The molecule has 0 saturated carbocycles. The van der Waals surface area contributed by atoms with Crippen molar-refractivity contribution in [1.82, 2.24) is 31.0 Å². The molecule has 0 radical (unpaired) electrons. The average molecular weight is 511 g/mol. The van der Waals surface area contributed by atoms with Crippen molar-refractivity contribution < 1.29 is 14.4 Å². The fourth-order valence-corrected chi connectivity index (χ4v) is 4.39. The standard InChI is InChI=1S/C27H22N6O3S/c34-24(23-11-10-18-15-28-13-12-22(18)30-23)31-32-27(37)29-19(14-17-6-2-1-3-7-17)16-33-25(35)20-8-4-5-9-21(20)26(33)36/h1-13,15,19H,14,16H2,(H,31,34)(H2,29,32,37)/t19-/m0/s1. The normalized spacial score (nSPS) is 13.2. The van der Waals surface area contributed by atoms with E-state index in [1.807, 2.05) is 30.3 Å². The van der Waals surface area contributed by atoms with Crippen molar-refractivity contribution in [3.8, 4) is 0 Å². The van der Waals surface area contributed by atoms with Gasteiger partial charge in [-0.3, -0.25) is 35.1 Å². The van der Waals surface area contributed by atoms with Crippen molar-refractivity contribution in [2.45, 2.75) is 12.5 Å². The van der Waals surface area contributed by atoms with E-state index in [0.717, 1.165) is 10.9 Å². The predicted molar refractivity (Wildman–Crippen MR) is 142 cm³/mol. The van der Waals surface area contributed by atoms with Crippen molar-refractivity contribution in [1.29, 1.82) is 0 Å². The van der Waals surface area contributed by atoms with Gasteiger partial charge in [0.2, 0.25) is 0 Å². The van der Waals surface area contributed by atoms with Gasteiger partial charge in [-0.25, -0.2) is 4.98 Å². The smallest absolute Gasteiger partial charge is 0.288 e. The van der Waals surface area contributed by atoms with Crippen LogP contribution in [0.4, 0.5) is 0 Å². The van der Waals surface area contributed by atoms with Crippen molar-refractivity contribution in [3.05, 3.63) is 108 Å². The molecule has 0 spiro atoms. The molecule has 3 heterocycles. The van der Waals surface area contributed by atoms with Crippen LogP contribution in [0, 0.1) is 0 Å². The molecule has 37 heavy (non-hydrogen) atoms. The summed E-state index contributed by atoms with van der Waals surface area (Å²) in [5.74, 6) is -1.15. The number of carbonyl (C=O) groups is 3. The number of aromatic nitrogens is 2. The van der Waals surface area contributed by atoms with Crippen LogP contribution < -0.4 is 16.2 Å². The summed E-state index contributed by atoms with van der Waals surface area (Å²) in [6, 6.07) is 21.1. The van der Waals surface area contributed by atoms with Crippen LogP contribution in [0.25, 0.3) is 10.9 Å². The summed E-state index contributed by atoms with van der Waals surface area (Å²) in [7, 11) is 0. The Bertz CT molecular complexity index is 1480. The number of imide groups is 1. The molecule has 184 valence electrons. The van der Waals surface area contributed by atoms with Gasteiger partial charge in [-0.15, -0.1) is 0 Å². The number of thiocarbonyl (C=S) groups is 1. The Labute approximate surface area is 217 Å². The largest absolute Gasteiger partial charge is 0.356 e. The highest BCUT2D eigenvalue weighted by Gasteiger charge is 2.36. The highest BCUT2D eigenvalue weighted by atomic mass is 32.1. The topological polar surface area (TPSA) is 116 Å². The summed E-state index contributed by atoms with van der Waals surface area (Å²) in [4.78, 5) is 48.0. The molecule has 2 aromatic heterocycles. The molecule has 0 unspecified atom stereocenters. The van der Waals surface area contributed by atoms with Crippen LogP contribution in [-0.4, -0.2) is 50.3 Å². The van der Waals surface area contributed by atoms with Gasteiger partial charge in [0.05, 0.1) is 22.7 Å². The molecule has 1 aliphatic rings. The zero-order valence-electron chi connectivity index (χ0n) is 19.5. The lowest BCUT2D eigenvalue weighted by atomic mass is 10.1. The number of hydrogen-bond donors (Lipinski definition) is 3. The van der Waals surface area contributed by atoms with E-state index in [2.05, 4.69) is 26.1 Å². The number of amides is 3. The highest BCUT2D eigenvalue weighted by molar-refractivity contribution is 7.80. The van der Waals surface area contributed by atoms with Crippen molar-refractivity contribution in [3.63, 3.8) is 0 Å². The van der Waals surface area contributed by atoms with E-state index < -0.39 is 11.9 Å². The molecule has 0 aliphatic carbocycles.